The van der Waals surface area contributed by atoms with Crippen LogP contribution in [0.4, 0.5) is 0 Å². The summed E-state index contributed by atoms with van der Waals surface area (Å²) in [5.41, 5.74) is 1.22. The number of carbonyl (C=O) groups excluding carboxylic acids is 4. The third-order valence-corrected chi connectivity index (χ3v) is 9.37. The number of hydrogen-bond acceptors (Lipinski definition) is 6. The number of alkyl halides is 2. The molecule has 4 aliphatic rings. The number of benzene rings is 1. The number of nitrogens with zero attached hydrogens (tertiary/aromatic N) is 2. The van der Waals surface area contributed by atoms with Crippen LogP contribution in [0.2, 0.25) is 0 Å². The van der Waals surface area contributed by atoms with Crippen LogP contribution in [-0.4, -0.2) is 69.0 Å². The van der Waals surface area contributed by atoms with E-state index in [9.17, 15) is 24.3 Å². The van der Waals surface area contributed by atoms with Gasteiger partial charge in [-0.3, -0.25) is 29.0 Å². The molecule has 2 aliphatic heterocycles. The number of halogens is 2. The van der Waals surface area contributed by atoms with Crippen molar-refractivity contribution in [1.82, 2.24) is 9.80 Å². The number of rotatable bonds is 3. The number of amides is 4. The number of imide groups is 2. The third-order valence-electron chi connectivity index (χ3n) is 7.96. The number of ether oxygens (including phenoxy) is 1. The molecule has 180 valence electrons. The number of fused-ring (bicyclic) bond motifs is 4. The van der Waals surface area contributed by atoms with Crippen molar-refractivity contribution in [3.8, 4) is 11.5 Å². The van der Waals surface area contributed by atoms with Crippen LogP contribution in [0.5, 0.6) is 11.5 Å². The maximum Gasteiger partial charge on any atom is 0.253 e. The van der Waals surface area contributed by atoms with Crippen LogP contribution >= 0.6 is 23.2 Å². The van der Waals surface area contributed by atoms with E-state index in [1.165, 1.54) is 25.1 Å². The van der Waals surface area contributed by atoms with Crippen LogP contribution in [0.3, 0.4) is 0 Å². The molecular weight excluding hydrogens is 483 g/mol. The molecule has 34 heavy (non-hydrogen) atoms. The van der Waals surface area contributed by atoms with E-state index in [-0.39, 0.29) is 36.3 Å². The van der Waals surface area contributed by atoms with Gasteiger partial charge in [-0.15, -0.1) is 23.2 Å². The second-order valence-electron chi connectivity index (χ2n) is 9.35. The van der Waals surface area contributed by atoms with E-state index in [0.29, 0.717) is 17.6 Å². The molecule has 8 nitrogen and oxygen atoms in total. The fraction of sp³-hybridized carbons (Fsp3) is 0.500. The molecule has 1 saturated carbocycles. The molecule has 1 aromatic carbocycles. The molecule has 5 rings (SSSR count). The predicted molar refractivity (Wildman–Crippen MR) is 123 cm³/mol. The van der Waals surface area contributed by atoms with Crippen molar-refractivity contribution >= 4 is 46.8 Å². The Bertz CT molecular complexity index is 1180. The molecular formula is C24H24Cl2N2O6. The highest BCUT2D eigenvalue weighted by Crippen LogP contribution is 2.65. The minimum absolute atomic E-state index is 0.0394. The Balaban J connectivity index is 1.74. The maximum absolute atomic E-state index is 13.5. The molecule has 10 heteroatoms. The summed E-state index contributed by atoms with van der Waals surface area (Å²) in [5, 5.41) is 10.1. The molecule has 1 aromatic rings. The van der Waals surface area contributed by atoms with Crippen LogP contribution in [0.1, 0.15) is 31.2 Å². The van der Waals surface area contributed by atoms with Crippen molar-refractivity contribution < 1.29 is 29.0 Å². The zero-order valence-electron chi connectivity index (χ0n) is 18.9. The van der Waals surface area contributed by atoms with Crippen LogP contribution in [-0.2, 0) is 19.2 Å². The lowest BCUT2D eigenvalue weighted by Gasteiger charge is -2.50. The molecule has 0 radical (unpaired) electrons. The van der Waals surface area contributed by atoms with E-state index in [1.54, 1.807) is 19.1 Å². The van der Waals surface area contributed by atoms with Gasteiger partial charge in [0.05, 0.1) is 18.9 Å². The number of hydrogen-bond donors (Lipinski definition) is 1. The Kier molecular flexibility index (Phi) is 5.08. The van der Waals surface area contributed by atoms with Gasteiger partial charge in [-0.1, -0.05) is 17.7 Å². The fourth-order valence-corrected chi connectivity index (χ4v) is 7.39. The van der Waals surface area contributed by atoms with Crippen LogP contribution < -0.4 is 4.74 Å². The summed E-state index contributed by atoms with van der Waals surface area (Å²) in [6.45, 7) is 2.01. The normalized spacial score (nSPS) is 36.9. The molecule has 3 fully saturated rings. The minimum Gasteiger partial charge on any atom is -0.504 e. The van der Waals surface area contributed by atoms with Crippen molar-refractivity contribution in [2.24, 2.45) is 17.8 Å². The highest BCUT2D eigenvalue weighted by molar-refractivity contribution is 6.53. The van der Waals surface area contributed by atoms with E-state index in [4.69, 9.17) is 27.9 Å². The number of likely N-dealkylation sites (tertiary alicyclic amines) is 2. The number of allylic oxidation sites excluding steroid dienone is 2. The SMILES string of the molecule is CCN1C(=O)C2CC=C3C(CC4(Cl)C(=O)N(C)C(=O)C4(Cl)C3c3ccc(O)c(OC)c3)C2C1=O. The van der Waals surface area contributed by atoms with Gasteiger partial charge in [-0.05, 0) is 43.4 Å². The van der Waals surface area contributed by atoms with E-state index in [2.05, 4.69) is 0 Å². The number of phenolic OH excluding ortho intramolecular Hbond substituents is 1. The van der Waals surface area contributed by atoms with Crippen molar-refractivity contribution in [2.45, 2.75) is 35.4 Å². The summed E-state index contributed by atoms with van der Waals surface area (Å²) in [5.74, 6) is -4.35. The van der Waals surface area contributed by atoms with Gasteiger partial charge in [-0.25, -0.2) is 0 Å². The summed E-state index contributed by atoms with van der Waals surface area (Å²) in [6.07, 6.45) is 2.16. The van der Waals surface area contributed by atoms with Gasteiger partial charge in [0.1, 0.15) is 0 Å². The largest absolute Gasteiger partial charge is 0.504 e. The van der Waals surface area contributed by atoms with E-state index >= 15 is 0 Å². The van der Waals surface area contributed by atoms with Crippen molar-refractivity contribution in [2.75, 3.05) is 20.7 Å². The summed E-state index contributed by atoms with van der Waals surface area (Å²) in [6, 6.07) is 4.59. The Labute approximate surface area is 206 Å². The molecule has 2 aliphatic carbocycles. The van der Waals surface area contributed by atoms with Gasteiger partial charge in [0.25, 0.3) is 11.8 Å². The van der Waals surface area contributed by atoms with Gasteiger partial charge >= 0.3 is 0 Å². The Morgan fingerprint density at radius 2 is 1.82 bits per heavy atom. The summed E-state index contributed by atoms with van der Waals surface area (Å²) in [4.78, 5) is 51.5. The molecule has 0 bridgehead atoms. The summed E-state index contributed by atoms with van der Waals surface area (Å²) < 4.78 is 5.27. The molecule has 2 heterocycles. The summed E-state index contributed by atoms with van der Waals surface area (Å²) >= 11 is 14.1. The molecule has 4 amide bonds. The topological polar surface area (TPSA) is 104 Å². The van der Waals surface area contributed by atoms with Gasteiger partial charge in [0.2, 0.25) is 11.8 Å². The van der Waals surface area contributed by atoms with Crippen molar-refractivity contribution in [3.05, 3.63) is 35.4 Å². The van der Waals surface area contributed by atoms with E-state index in [0.717, 1.165) is 4.90 Å². The lowest BCUT2D eigenvalue weighted by Crippen LogP contribution is -2.60. The third kappa shape index (κ3) is 2.61. The number of phenols is 1. The second kappa shape index (κ2) is 7.46. The second-order valence-corrected chi connectivity index (χ2v) is 10.6. The average molecular weight is 507 g/mol. The highest BCUT2D eigenvalue weighted by Gasteiger charge is 2.75. The molecule has 6 unspecified atom stereocenters. The monoisotopic (exact) mass is 506 g/mol. The minimum atomic E-state index is -1.85. The Morgan fingerprint density at radius 3 is 2.47 bits per heavy atom. The quantitative estimate of drug-likeness (QED) is 0.383. The maximum atomic E-state index is 13.5. The van der Waals surface area contributed by atoms with Crippen LogP contribution in [0.15, 0.2) is 29.8 Å². The number of methoxy groups -OCH3 is 1. The van der Waals surface area contributed by atoms with E-state index < -0.39 is 45.2 Å². The zero-order chi connectivity index (χ0) is 24.7. The summed E-state index contributed by atoms with van der Waals surface area (Å²) in [7, 11) is 2.74. The van der Waals surface area contributed by atoms with Gasteiger partial charge in [0.15, 0.2) is 21.2 Å². The fourth-order valence-electron chi connectivity index (χ4n) is 6.37. The Hall–Kier alpha value is -2.58. The first-order valence-corrected chi connectivity index (χ1v) is 11.9. The van der Waals surface area contributed by atoms with Crippen molar-refractivity contribution in [1.29, 1.82) is 0 Å². The molecule has 2 saturated heterocycles. The molecule has 0 aromatic heterocycles. The van der Waals surface area contributed by atoms with Crippen LogP contribution in [0.25, 0.3) is 0 Å². The lowest BCUT2D eigenvalue weighted by atomic mass is 9.56. The number of carbonyl (C=O) groups is 4. The lowest BCUT2D eigenvalue weighted by molar-refractivity contribution is -0.141. The van der Waals surface area contributed by atoms with Gasteiger partial charge < -0.3 is 9.84 Å². The molecule has 1 N–H and O–H groups in total. The number of aromatic hydroxyl groups is 1. The average Bonchev–Trinajstić information content (AvgIpc) is 3.14. The van der Waals surface area contributed by atoms with Crippen LogP contribution in [0, 0.1) is 17.8 Å². The predicted octanol–water partition coefficient (Wildman–Crippen LogP) is 2.41. The molecule has 6 atom stereocenters. The standard InChI is InChI=1S/C24H24Cl2N2O6/c1-4-28-19(30)13-7-6-12-14(17(13)20(28)31)10-23(25)21(32)27(2)22(33)24(23,26)18(12)11-5-8-15(29)16(9-11)34-3/h5-6,8-9,13-14,17-18,29H,4,7,10H2,1-3H3. The zero-order valence-corrected chi connectivity index (χ0v) is 20.4. The first-order chi connectivity index (χ1) is 16.0. The van der Waals surface area contributed by atoms with E-state index in [1.807, 2.05) is 6.08 Å². The molecule has 0 spiro atoms. The highest BCUT2D eigenvalue weighted by atomic mass is 35.5. The van der Waals surface area contributed by atoms with Gasteiger partial charge in [-0.2, -0.15) is 0 Å². The van der Waals surface area contributed by atoms with Crippen molar-refractivity contribution in [3.63, 3.8) is 0 Å². The Morgan fingerprint density at radius 1 is 1.12 bits per heavy atom. The first kappa shape index (κ1) is 23.2. The van der Waals surface area contributed by atoms with Gasteiger partial charge in [0, 0.05) is 19.5 Å². The first-order valence-electron chi connectivity index (χ1n) is 11.1. The smallest absolute Gasteiger partial charge is 0.253 e.